The molecule has 0 fully saturated rings. The minimum Gasteiger partial charge on any atom is -0.313 e. The largest absolute Gasteiger partial charge is 0.313 e. The molecule has 0 bridgehead atoms. The van der Waals surface area contributed by atoms with E-state index in [1.165, 1.54) is 22.8 Å². The van der Waals surface area contributed by atoms with Crippen molar-refractivity contribution in [2.75, 3.05) is 7.05 Å². The van der Waals surface area contributed by atoms with Gasteiger partial charge in [-0.3, -0.25) is 0 Å². The molecule has 0 aromatic heterocycles. The van der Waals surface area contributed by atoms with Gasteiger partial charge in [0.05, 0.1) is 0 Å². The number of hydrogen-bond acceptors (Lipinski definition) is 1. The van der Waals surface area contributed by atoms with E-state index in [1.807, 2.05) is 19.2 Å². The summed E-state index contributed by atoms with van der Waals surface area (Å²) in [5, 5.41) is 3.21. The molecule has 0 saturated carbocycles. The van der Waals surface area contributed by atoms with Gasteiger partial charge in [-0.1, -0.05) is 42.0 Å². The van der Waals surface area contributed by atoms with Crippen LogP contribution in [0, 0.1) is 19.7 Å². The van der Waals surface area contributed by atoms with Gasteiger partial charge in [0, 0.05) is 11.6 Å². The van der Waals surface area contributed by atoms with Gasteiger partial charge in [0.2, 0.25) is 0 Å². The van der Waals surface area contributed by atoms with Crippen LogP contribution in [0.15, 0.2) is 42.5 Å². The molecule has 0 aliphatic carbocycles. The molecule has 2 rings (SSSR count). The van der Waals surface area contributed by atoms with Crippen LogP contribution in [0.5, 0.6) is 0 Å². The Morgan fingerprint density at radius 2 is 1.84 bits per heavy atom. The molecule has 2 aromatic rings. The predicted molar refractivity (Wildman–Crippen MR) is 77.8 cm³/mol. The number of rotatable bonds is 4. The molecule has 19 heavy (non-hydrogen) atoms. The highest BCUT2D eigenvalue weighted by atomic mass is 19.1. The Morgan fingerprint density at radius 1 is 1.11 bits per heavy atom. The molecule has 0 amide bonds. The SMILES string of the molecule is CNC(Cc1cc(C)ccc1C)c1ccccc1F. The molecule has 1 atom stereocenters. The van der Waals surface area contributed by atoms with E-state index in [4.69, 9.17) is 0 Å². The molecule has 0 radical (unpaired) electrons. The lowest BCUT2D eigenvalue weighted by molar-refractivity contribution is 0.533. The van der Waals surface area contributed by atoms with E-state index >= 15 is 0 Å². The maximum Gasteiger partial charge on any atom is 0.127 e. The zero-order chi connectivity index (χ0) is 13.8. The predicted octanol–water partition coefficient (Wildman–Crippen LogP) is 3.95. The normalized spacial score (nSPS) is 12.4. The van der Waals surface area contributed by atoms with Crippen molar-refractivity contribution in [1.82, 2.24) is 5.32 Å². The summed E-state index contributed by atoms with van der Waals surface area (Å²) in [6, 6.07) is 13.4. The van der Waals surface area contributed by atoms with Gasteiger partial charge >= 0.3 is 0 Å². The fraction of sp³-hybridized carbons (Fsp3) is 0.294. The first-order valence-corrected chi connectivity index (χ1v) is 6.59. The first-order valence-electron chi connectivity index (χ1n) is 6.59. The Labute approximate surface area is 114 Å². The highest BCUT2D eigenvalue weighted by Gasteiger charge is 2.15. The van der Waals surface area contributed by atoms with E-state index in [-0.39, 0.29) is 11.9 Å². The van der Waals surface area contributed by atoms with E-state index in [0.29, 0.717) is 0 Å². The van der Waals surface area contributed by atoms with E-state index in [0.717, 1.165) is 12.0 Å². The Morgan fingerprint density at radius 3 is 2.53 bits per heavy atom. The standard InChI is InChI=1S/C17H20FN/c1-12-8-9-13(2)14(10-12)11-17(19-3)15-6-4-5-7-16(15)18/h4-10,17,19H,11H2,1-3H3. The number of likely N-dealkylation sites (N-methyl/N-ethyl adjacent to an activating group) is 1. The summed E-state index contributed by atoms with van der Waals surface area (Å²) in [6.45, 7) is 4.18. The van der Waals surface area contributed by atoms with Gasteiger partial charge < -0.3 is 5.32 Å². The van der Waals surface area contributed by atoms with Gasteiger partial charge in [0.1, 0.15) is 5.82 Å². The molecular formula is C17H20FN. The second kappa shape index (κ2) is 5.98. The van der Waals surface area contributed by atoms with Crippen LogP contribution in [-0.4, -0.2) is 7.05 Å². The second-order valence-electron chi connectivity index (χ2n) is 5.00. The van der Waals surface area contributed by atoms with E-state index in [1.54, 1.807) is 6.07 Å². The average Bonchev–Trinajstić information content (AvgIpc) is 2.41. The minimum absolute atomic E-state index is 0.00157. The zero-order valence-electron chi connectivity index (χ0n) is 11.7. The molecule has 1 N–H and O–H groups in total. The van der Waals surface area contributed by atoms with E-state index < -0.39 is 0 Å². The highest BCUT2D eigenvalue weighted by Crippen LogP contribution is 2.23. The molecule has 100 valence electrons. The van der Waals surface area contributed by atoms with Crippen molar-refractivity contribution in [3.63, 3.8) is 0 Å². The van der Waals surface area contributed by atoms with Crippen LogP contribution in [0.3, 0.4) is 0 Å². The number of hydrogen-bond donors (Lipinski definition) is 1. The van der Waals surface area contributed by atoms with Crippen molar-refractivity contribution in [2.45, 2.75) is 26.3 Å². The fourth-order valence-corrected chi connectivity index (χ4v) is 2.37. The van der Waals surface area contributed by atoms with Crippen molar-refractivity contribution >= 4 is 0 Å². The van der Waals surface area contributed by atoms with Crippen molar-refractivity contribution in [3.8, 4) is 0 Å². The third-order valence-corrected chi connectivity index (χ3v) is 3.56. The summed E-state index contributed by atoms with van der Waals surface area (Å²) < 4.78 is 13.9. The number of halogens is 1. The molecule has 0 aliphatic rings. The number of nitrogens with one attached hydrogen (secondary N) is 1. The maximum atomic E-state index is 13.9. The van der Waals surface area contributed by atoms with Crippen LogP contribution in [0.25, 0.3) is 0 Å². The zero-order valence-corrected chi connectivity index (χ0v) is 11.7. The quantitative estimate of drug-likeness (QED) is 0.874. The Bertz CT molecular complexity index is 563. The van der Waals surface area contributed by atoms with Crippen molar-refractivity contribution in [3.05, 3.63) is 70.5 Å². The fourth-order valence-electron chi connectivity index (χ4n) is 2.37. The molecule has 2 heteroatoms. The lowest BCUT2D eigenvalue weighted by Crippen LogP contribution is -2.20. The lowest BCUT2D eigenvalue weighted by atomic mass is 9.95. The summed E-state index contributed by atoms with van der Waals surface area (Å²) >= 11 is 0. The van der Waals surface area contributed by atoms with Crippen LogP contribution in [0.4, 0.5) is 4.39 Å². The number of aryl methyl sites for hydroxylation is 2. The summed E-state index contributed by atoms with van der Waals surface area (Å²) in [5.74, 6) is -0.146. The van der Waals surface area contributed by atoms with E-state index in [2.05, 4.69) is 37.4 Å². The van der Waals surface area contributed by atoms with Gasteiger partial charge in [0.15, 0.2) is 0 Å². The van der Waals surface area contributed by atoms with Gasteiger partial charge in [-0.25, -0.2) is 4.39 Å². The molecule has 1 unspecified atom stereocenters. The number of benzene rings is 2. The summed E-state index contributed by atoms with van der Waals surface area (Å²) in [4.78, 5) is 0. The van der Waals surface area contributed by atoms with Crippen molar-refractivity contribution < 1.29 is 4.39 Å². The summed E-state index contributed by atoms with van der Waals surface area (Å²) in [7, 11) is 1.88. The summed E-state index contributed by atoms with van der Waals surface area (Å²) in [5.41, 5.74) is 4.49. The molecule has 1 nitrogen and oxygen atoms in total. The Hall–Kier alpha value is -1.67. The van der Waals surface area contributed by atoms with Crippen LogP contribution >= 0.6 is 0 Å². The average molecular weight is 257 g/mol. The van der Waals surface area contributed by atoms with Gasteiger partial charge in [-0.2, -0.15) is 0 Å². The molecule has 0 saturated heterocycles. The lowest BCUT2D eigenvalue weighted by Gasteiger charge is -2.19. The van der Waals surface area contributed by atoms with Gasteiger partial charge in [-0.05, 0) is 44.5 Å². The van der Waals surface area contributed by atoms with Crippen LogP contribution < -0.4 is 5.32 Å². The van der Waals surface area contributed by atoms with Crippen molar-refractivity contribution in [2.24, 2.45) is 0 Å². The highest BCUT2D eigenvalue weighted by molar-refractivity contribution is 5.33. The van der Waals surface area contributed by atoms with Crippen molar-refractivity contribution in [1.29, 1.82) is 0 Å². The van der Waals surface area contributed by atoms with Gasteiger partial charge in [0.25, 0.3) is 0 Å². The smallest absolute Gasteiger partial charge is 0.127 e. The minimum atomic E-state index is -0.146. The third-order valence-electron chi connectivity index (χ3n) is 3.56. The molecular weight excluding hydrogens is 237 g/mol. The molecule has 0 spiro atoms. The first kappa shape index (κ1) is 13.8. The molecule has 0 aliphatic heterocycles. The summed E-state index contributed by atoms with van der Waals surface area (Å²) in [6.07, 6.45) is 0.797. The van der Waals surface area contributed by atoms with Crippen LogP contribution in [-0.2, 0) is 6.42 Å². The Kier molecular flexibility index (Phi) is 4.33. The van der Waals surface area contributed by atoms with E-state index in [9.17, 15) is 4.39 Å². The maximum absolute atomic E-state index is 13.9. The van der Waals surface area contributed by atoms with Crippen LogP contribution in [0.1, 0.15) is 28.3 Å². The second-order valence-corrected chi connectivity index (χ2v) is 5.00. The third kappa shape index (κ3) is 3.21. The topological polar surface area (TPSA) is 12.0 Å². The monoisotopic (exact) mass is 257 g/mol. The Balaban J connectivity index is 2.29. The molecule has 2 aromatic carbocycles. The van der Waals surface area contributed by atoms with Gasteiger partial charge in [-0.15, -0.1) is 0 Å². The first-order chi connectivity index (χ1) is 9.11. The molecule has 0 heterocycles. The van der Waals surface area contributed by atoms with Crippen LogP contribution in [0.2, 0.25) is 0 Å².